The van der Waals surface area contributed by atoms with E-state index in [4.69, 9.17) is 5.11 Å². The fourth-order valence-corrected chi connectivity index (χ4v) is 5.13. The Morgan fingerprint density at radius 1 is 0.281 bits per heavy atom. The molecular formula is C41H57NO15. The minimum atomic E-state index is -1.06. The minimum absolute atomic E-state index is 0.00491. The molecule has 316 valence electrons. The number of carbonyl (C=O) groups excluding carboxylic acids is 13. The Morgan fingerprint density at radius 2 is 0.456 bits per heavy atom. The number of hydrogen-bond acceptors (Lipinski definition) is 14. The number of rotatable bonds is 39. The van der Waals surface area contributed by atoms with Gasteiger partial charge in [0.2, 0.25) is 5.91 Å². The Bertz CT molecular complexity index is 1510. The molecule has 0 atom stereocenters. The molecule has 0 heterocycles. The van der Waals surface area contributed by atoms with Gasteiger partial charge in [0, 0.05) is 161 Å². The van der Waals surface area contributed by atoms with Gasteiger partial charge in [-0.15, -0.1) is 0 Å². The molecular weight excluding hydrogens is 746 g/mol. The molecule has 0 spiro atoms. The highest BCUT2D eigenvalue weighted by Crippen LogP contribution is 2.11. The zero-order valence-corrected chi connectivity index (χ0v) is 33.0. The Labute approximate surface area is 332 Å². The van der Waals surface area contributed by atoms with E-state index in [1.165, 1.54) is 6.92 Å². The number of Topliss-reactive ketones (excluding diaryl/α,β-unsaturated/α-hetero) is 12. The molecule has 16 nitrogen and oxygen atoms in total. The number of carboxylic acids is 1. The highest BCUT2D eigenvalue weighted by atomic mass is 16.4. The monoisotopic (exact) mass is 803 g/mol. The second-order valence-corrected chi connectivity index (χ2v) is 14.1. The van der Waals surface area contributed by atoms with E-state index in [9.17, 15) is 67.1 Å². The second kappa shape index (κ2) is 31.1. The van der Waals surface area contributed by atoms with E-state index in [1.54, 1.807) is 0 Å². The Morgan fingerprint density at radius 3 is 0.632 bits per heavy atom. The zero-order valence-electron chi connectivity index (χ0n) is 33.0. The lowest BCUT2D eigenvalue weighted by atomic mass is 9.99. The van der Waals surface area contributed by atoms with Crippen LogP contribution in [0.1, 0.15) is 167 Å². The van der Waals surface area contributed by atoms with Crippen molar-refractivity contribution in [3.63, 3.8) is 0 Å². The van der Waals surface area contributed by atoms with E-state index >= 15 is 0 Å². The molecule has 0 aliphatic carbocycles. The van der Waals surface area contributed by atoms with Gasteiger partial charge in [0.1, 0.15) is 69.4 Å². The number of hydrogen-bond donors (Lipinski definition) is 2. The van der Waals surface area contributed by atoms with Crippen molar-refractivity contribution in [3.8, 4) is 0 Å². The SMILES string of the molecule is CC(=O)CCC(=O)CCC(=O)CCC(=O)CCC(=O)CCC(=O)CCC(=O)CCC(=O)CCC(=O)CCC(=O)CCC(=O)CCC(=O)CCC(=O)NCCC(=O)O. The number of ketones is 12. The first-order valence-corrected chi connectivity index (χ1v) is 19.5. The minimum Gasteiger partial charge on any atom is -0.481 e. The van der Waals surface area contributed by atoms with Crippen molar-refractivity contribution in [2.75, 3.05) is 6.54 Å². The van der Waals surface area contributed by atoms with Crippen LogP contribution < -0.4 is 5.32 Å². The summed E-state index contributed by atoms with van der Waals surface area (Å²) in [4.78, 5) is 165. The summed E-state index contributed by atoms with van der Waals surface area (Å²) in [7, 11) is 0. The van der Waals surface area contributed by atoms with Gasteiger partial charge in [-0.25, -0.2) is 0 Å². The largest absolute Gasteiger partial charge is 0.481 e. The van der Waals surface area contributed by atoms with Crippen LogP contribution in [0.5, 0.6) is 0 Å². The molecule has 16 heteroatoms. The molecule has 0 radical (unpaired) electrons. The molecule has 0 bridgehead atoms. The maximum absolute atomic E-state index is 12.2. The summed E-state index contributed by atoms with van der Waals surface area (Å²) in [6.07, 6.45) is -1.90. The highest BCUT2D eigenvalue weighted by Gasteiger charge is 2.17. The number of carboxylic acid groups (broad SMARTS) is 1. The molecule has 1 amide bonds. The molecule has 0 saturated heterocycles. The summed E-state index contributed by atoms with van der Waals surface area (Å²) in [5.41, 5.74) is 0. The molecule has 0 rings (SSSR count). The maximum Gasteiger partial charge on any atom is 0.305 e. The van der Waals surface area contributed by atoms with E-state index < -0.39 is 11.9 Å². The summed E-state index contributed by atoms with van der Waals surface area (Å²) in [6.45, 7) is 1.33. The van der Waals surface area contributed by atoms with E-state index in [-0.39, 0.29) is 236 Å². The molecule has 0 fully saturated rings. The van der Waals surface area contributed by atoms with Gasteiger partial charge in [0.25, 0.3) is 0 Å². The van der Waals surface area contributed by atoms with Gasteiger partial charge in [-0.05, 0) is 6.92 Å². The van der Waals surface area contributed by atoms with Gasteiger partial charge in [-0.1, -0.05) is 0 Å². The lowest BCUT2D eigenvalue weighted by Gasteiger charge is -2.04. The normalized spacial score (nSPS) is 10.6. The third kappa shape index (κ3) is 32.9. The van der Waals surface area contributed by atoms with Crippen LogP contribution in [0.25, 0.3) is 0 Å². The average molecular weight is 804 g/mol. The van der Waals surface area contributed by atoms with E-state index in [0.717, 1.165) is 0 Å². The molecule has 0 aliphatic rings. The molecule has 0 unspecified atom stereocenters. The van der Waals surface area contributed by atoms with Gasteiger partial charge in [0.05, 0.1) is 6.42 Å². The quantitative estimate of drug-likeness (QED) is 0.0895. The van der Waals surface area contributed by atoms with Gasteiger partial charge in [0.15, 0.2) is 0 Å². The van der Waals surface area contributed by atoms with Crippen LogP contribution in [-0.2, 0) is 67.1 Å². The summed E-state index contributed by atoms with van der Waals surface area (Å²) in [5, 5.41) is 10.9. The van der Waals surface area contributed by atoms with Crippen LogP contribution in [0.4, 0.5) is 0 Å². The van der Waals surface area contributed by atoms with Crippen molar-refractivity contribution < 1.29 is 72.2 Å². The molecule has 0 aromatic heterocycles. The predicted octanol–water partition coefficient (Wildman–Crippen LogP) is 3.79. The third-order valence-electron chi connectivity index (χ3n) is 8.87. The average Bonchev–Trinajstić information content (AvgIpc) is 3.16. The molecule has 0 saturated carbocycles. The topological polar surface area (TPSA) is 271 Å². The first-order chi connectivity index (χ1) is 26.9. The van der Waals surface area contributed by atoms with Crippen molar-refractivity contribution in [2.45, 2.75) is 167 Å². The molecule has 2 N–H and O–H groups in total. The van der Waals surface area contributed by atoms with Crippen LogP contribution in [0.3, 0.4) is 0 Å². The molecule has 57 heavy (non-hydrogen) atoms. The maximum atomic E-state index is 12.2. The predicted molar refractivity (Wildman–Crippen MR) is 202 cm³/mol. The van der Waals surface area contributed by atoms with Crippen LogP contribution >= 0.6 is 0 Å². The third-order valence-corrected chi connectivity index (χ3v) is 8.87. The Hall–Kier alpha value is -5.02. The number of aliphatic carboxylic acids is 1. The highest BCUT2D eigenvalue weighted by molar-refractivity contribution is 5.95. The van der Waals surface area contributed by atoms with E-state index in [1.807, 2.05) is 0 Å². The van der Waals surface area contributed by atoms with Crippen molar-refractivity contribution in [2.24, 2.45) is 0 Å². The van der Waals surface area contributed by atoms with E-state index in [2.05, 4.69) is 5.32 Å². The van der Waals surface area contributed by atoms with Gasteiger partial charge < -0.3 is 15.2 Å². The van der Waals surface area contributed by atoms with E-state index in [0.29, 0.717) is 0 Å². The fraction of sp³-hybridized carbons (Fsp3) is 0.659. The Kier molecular flexibility index (Phi) is 28.4. The van der Waals surface area contributed by atoms with Gasteiger partial charge in [-0.3, -0.25) is 62.3 Å². The second-order valence-electron chi connectivity index (χ2n) is 14.1. The molecule has 0 aliphatic heterocycles. The molecule has 0 aromatic carbocycles. The van der Waals surface area contributed by atoms with Crippen molar-refractivity contribution in [1.82, 2.24) is 5.32 Å². The number of nitrogens with one attached hydrogen (secondary N) is 1. The van der Waals surface area contributed by atoms with Crippen molar-refractivity contribution >= 4 is 81.3 Å². The van der Waals surface area contributed by atoms with Gasteiger partial charge >= 0.3 is 5.97 Å². The van der Waals surface area contributed by atoms with Crippen LogP contribution in [0.2, 0.25) is 0 Å². The fourth-order valence-electron chi connectivity index (χ4n) is 5.13. The summed E-state index contributed by atoms with van der Waals surface area (Å²) in [6, 6.07) is 0. The smallest absolute Gasteiger partial charge is 0.305 e. The zero-order chi connectivity index (χ0) is 43.2. The number of carbonyl (C=O) groups is 14. The standard InChI is InChI=1S/C41H57NO15/c1-28(43)2-3-29(44)4-5-30(45)6-7-31(46)8-9-32(47)10-11-33(48)12-13-34(49)14-15-35(50)16-17-36(51)18-19-37(52)20-21-38(53)22-23-39(54)24-25-40(55)42-27-26-41(56)57/h2-27H2,1H3,(H,42,55)(H,56,57). The van der Waals surface area contributed by atoms with Crippen molar-refractivity contribution in [3.05, 3.63) is 0 Å². The Balaban J connectivity index is 4.01. The van der Waals surface area contributed by atoms with Crippen LogP contribution in [-0.4, -0.2) is 92.9 Å². The van der Waals surface area contributed by atoms with Crippen LogP contribution in [0.15, 0.2) is 0 Å². The summed E-state index contributed by atoms with van der Waals surface area (Å²) >= 11 is 0. The van der Waals surface area contributed by atoms with Crippen molar-refractivity contribution in [1.29, 1.82) is 0 Å². The summed E-state index contributed by atoms with van der Waals surface area (Å²) < 4.78 is 0. The lowest BCUT2D eigenvalue weighted by molar-refractivity contribution is -0.137. The first-order valence-electron chi connectivity index (χ1n) is 19.5. The number of amides is 1. The van der Waals surface area contributed by atoms with Gasteiger partial charge in [-0.2, -0.15) is 0 Å². The first kappa shape index (κ1) is 52.0. The molecule has 0 aromatic rings. The van der Waals surface area contributed by atoms with Crippen LogP contribution in [0, 0.1) is 0 Å². The lowest BCUT2D eigenvalue weighted by Crippen LogP contribution is -2.26. The summed E-state index contributed by atoms with van der Waals surface area (Å²) in [5.74, 6) is -4.91.